The van der Waals surface area contributed by atoms with Crippen molar-refractivity contribution in [2.45, 2.75) is 32.2 Å². The van der Waals surface area contributed by atoms with E-state index in [0.717, 1.165) is 18.4 Å². The molecular formula is C13H20N4O3. The molecule has 0 unspecified atom stereocenters. The standard InChI is InChI=1S/C13H20N4O3/c18-12(19)11-3-1-9(2-4-11)5-14-13(20)15-6-10-7-16-17-8-10/h7-9,11H,1-6H2,(H,16,17)(H,18,19)(H2,14,15,20). The van der Waals surface area contributed by atoms with E-state index in [1.807, 2.05) is 0 Å². The molecule has 2 amide bonds. The number of nitrogens with zero attached hydrogens (tertiary/aromatic N) is 1. The first-order valence-electron chi connectivity index (χ1n) is 6.87. The Labute approximate surface area is 117 Å². The Morgan fingerprint density at radius 3 is 2.65 bits per heavy atom. The number of hydrogen-bond donors (Lipinski definition) is 4. The Morgan fingerprint density at radius 1 is 1.30 bits per heavy atom. The smallest absolute Gasteiger partial charge is 0.315 e. The molecule has 1 aromatic heterocycles. The van der Waals surface area contributed by atoms with Gasteiger partial charge in [-0.2, -0.15) is 5.10 Å². The van der Waals surface area contributed by atoms with Crippen molar-refractivity contribution in [3.63, 3.8) is 0 Å². The number of aromatic nitrogens is 2. The van der Waals surface area contributed by atoms with E-state index in [4.69, 9.17) is 5.11 Å². The minimum atomic E-state index is -0.700. The van der Waals surface area contributed by atoms with Crippen molar-refractivity contribution in [3.05, 3.63) is 18.0 Å². The van der Waals surface area contributed by atoms with Crippen molar-refractivity contribution in [2.75, 3.05) is 6.54 Å². The molecule has 1 heterocycles. The molecule has 1 aliphatic rings. The van der Waals surface area contributed by atoms with Crippen LogP contribution >= 0.6 is 0 Å². The highest BCUT2D eigenvalue weighted by molar-refractivity contribution is 5.73. The van der Waals surface area contributed by atoms with Crippen LogP contribution in [0.4, 0.5) is 4.79 Å². The van der Waals surface area contributed by atoms with Crippen LogP contribution in [0.25, 0.3) is 0 Å². The lowest BCUT2D eigenvalue weighted by Gasteiger charge is -2.26. The summed E-state index contributed by atoms with van der Waals surface area (Å²) in [5.74, 6) is -0.527. The lowest BCUT2D eigenvalue weighted by atomic mass is 9.82. The number of aromatic amines is 1. The van der Waals surface area contributed by atoms with Gasteiger partial charge in [-0.3, -0.25) is 9.89 Å². The van der Waals surface area contributed by atoms with E-state index in [1.165, 1.54) is 0 Å². The summed E-state index contributed by atoms with van der Waals surface area (Å²) in [6.45, 7) is 1.04. The molecule has 2 rings (SSSR count). The van der Waals surface area contributed by atoms with Gasteiger partial charge in [-0.25, -0.2) is 4.79 Å². The van der Waals surface area contributed by atoms with Crippen LogP contribution < -0.4 is 10.6 Å². The van der Waals surface area contributed by atoms with E-state index < -0.39 is 5.97 Å². The lowest BCUT2D eigenvalue weighted by molar-refractivity contribution is -0.143. The summed E-state index contributed by atoms with van der Waals surface area (Å²) >= 11 is 0. The Bertz CT molecular complexity index is 438. The summed E-state index contributed by atoms with van der Waals surface area (Å²) in [7, 11) is 0. The summed E-state index contributed by atoms with van der Waals surface area (Å²) < 4.78 is 0. The zero-order chi connectivity index (χ0) is 14.4. The number of carboxylic acid groups (broad SMARTS) is 1. The maximum Gasteiger partial charge on any atom is 0.315 e. The van der Waals surface area contributed by atoms with Gasteiger partial charge in [0.1, 0.15) is 0 Å². The highest BCUT2D eigenvalue weighted by Crippen LogP contribution is 2.28. The van der Waals surface area contributed by atoms with Crippen LogP contribution in [-0.4, -0.2) is 33.8 Å². The lowest BCUT2D eigenvalue weighted by Crippen LogP contribution is -2.38. The van der Waals surface area contributed by atoms with Crippen molar-refractivity contribution in [1.82, 2.24) is 20.8 Å². The van der Waals surface area contributed by atoms with Crippen molar-refractivity contribution in [3.8, 4) is 0 Å². The van der Waals surface area contributed by atoms with E-state index in [2.05, 4.69) is 20.8 Å². The number of carbonyl (C=O) groups excluding carboxylic acids is 1. The van der Waals surface area contributed by atoms with E-state index in [-0.39, 0.29) is 11.9 Å². The first-order chi connectivity index (χ1) is 9.65. The number of amides is 2. The average Bonchev–Trinajstić information content (AvgIpc) is 2.96. The normalized spacial score (nSPS) is 22.2. The maximum absolute atomic E-state index is 11.6. The average molecular weight is 280 g/mol. The molecule has 0 radical (unpaired) electrons. The highest BCUT2D eigenvalue weighted by atomic mass is 16.4. The highest BCUT2D eigenvalue weighted by Gasteiger charge is 2.25. The second-order valence-corrected chi connectivity index (χ2v) is 5.23. The molecule has 0 aliphatic heterocycles. The van der Waals surface area contributed by atoms with Crippen LogP contribution in [0.3, 0.4) is 0 Å². The third kappa shape index (κ3) is 4.25. The van der Waals surface area contributed by atoms with Gasteiger partial charge in [0.25, 0.3) is 0 Å². The minimum Gasteiger partial charge on any atom is -0.481 e. The van der Waals surface area contributed by atoms with Gasteiger partial charge in [0.15, 0.2) is 0 Å². The molecule has 1 aromatic rings. The number of hydrogen-bond acceptors (Lipinski definition) is 3. The Hall–Kier alpha value is -2.05. The number of aliphatic carboxylic acids is 1. The summed E-state index contributed by atoms with van der Waals surface area (Å²) in [5, 5.41) is 21.0. The van der Waals surface area contributed by atoms with Crippen LogP contribution in [0.1, 0.15) is 31.2 Å². The quantitative estimate of drug-likeness (QED) is 0.647. The number of urea groups is 1. The van der Waals surface area contributed by atoms with Crippen LogP contribution in [-0.2, 0) is 11.3 Å². The molecule has 0 atom stereocenters. The molecule has 0 bridgehead atoms. The SMILES string of the molecule is O=C(NCc1cn[nH]c1)NCC1CCC(C(=O)O)CC1. The van der Waals surface area contributed by atoms with Crippen molar-refractivity contribution in [2.24, 2.45) is 11.8 Å². The molecule has 0 aromatic carbocycles. The first kappa shape index (κ1) is 14.4. The zero-order valence-corrected chi connectivity index (χ0v) is 11.3. The summed E-state index contributed by atoms with van der Waals surface area (Å²) in [5.41, 5.74) is 0.919. The van der Waals surface area contributed by atoms with Crippen LogP contribution in [0.5, 0.6) is 0 Å². The Kier molecular flexibility index (Phi) is 4.97. The maximum atomic E-state index is 11.6. The van der Waals surface area contributed by atoms with Crippen LogP contribution in [0.2, 0.25) is 0 Å². The molecule has 1 aliphatic carbocycles. The van der Waals surface area contributed by atoms with E-state index in [1.54, 1.807) is 12.4 Å². The molecule has 7 nitrogen and oxygen atoms in total. The summed E-state index contributed by atoms with van der Waals surface area (Å²) in [6, 6.07) is -0.202. The van der Waals surface area contributed by atoms with Gasteiger partial charge in [-0.05, 0) is 31.6 Å². The summed E-state index contributed by atoms with van der Waals surface area (Å²) in [6.07, 6.45) is 6.52. The van der Waals surface area contributed by atoms with Gasteiger partial charge < -0.3 is 15.7 Å². The molecule has 4 N–H and O–H groups in total. The predicted molar refractivity (Wildman–Crippen MR) is 71.9 cm³/mol. The van der Waals surface area contributed by atoms with E-state index in [0.29, 0.717) is 31.8 Å². The van der Waals surface area contributed by atoms with Gasteiger partial charge >= 0.3 is 12.0 Å². The third-order valence-electron chi connectivity index (χ3n) is 3.76. The molecular weight excluding hydrogens is 260 g/mol. The molecule has 7 heteroatoms. The van der Waals surface area contributed by atoms with E-state index in [9.17, 15) is 9.59 Å². The fourth-order valence-electron chi connectivity index (χ4n) is 2.47. The Morgan fingerprint density at radius 2 is 2.05 bits per heavy atom. The van der Waals surface area contributed by atoms with Crippen LogP contribution in [0.15, 0.2) is 12.4 Å². The van der Waals surface area contributed by atoms with Gasteiger partial charge in [-0.15, -0.1) is 0 Å². The van der Waals surface area contributed by atoms with Crippen LogP contribution in [0, 0.1) is 11.8 Å². The number of carboxylic acids is 1. The number of carbonyl (C=O) groups is 2. The second-order valence-electron chi connectivity index (χ2n) is 5.23. The topological polar surface area (TPSA) is 107 Å². The van der Waals surface area contributed by atoms with Gasteiger partial charge in [0.2, 0.25) is 0 Å². The predicted octanol–water partition coefficient (Wildman–Crippen LogP) is 1.10. The fraction of sp³-hybridized carbons (Fsp3) is 0.615. The molecule has 20 heavy (non-hydrogen) atoms. The van der Waals surface area contributed by atoms with Crippen molar-refractivity contribution >= 4 is 12.0 Å². The monoisotopic (exact) mass is 280 g/mol. The molecule has 0 saturated heterocycles. The van der Waals surface area contributed by atoms with Crippen molar-refractivity contribution in [1.29, 1.82) is 0 Å². The molecule has 110 valence electrons. The molecule has 1 saturated carbocycles. The largest absolute Gasteiger partial charge is 0.481 e. The Balaban J connectivity index is 1.61. The van der Waals surface area contributed by atoms with E-state index >= 15 is 0 Å². The number of H-pyrrole nitrogens is 1. The summed E-state index contributed by atoms with van der Waals surface area (Å²) in [4.78, 5) is 22.4. The molecule has 0 spiro atoms. The van der Waals surface area contributed by atoms with Gasteiger partial charge in [0, 0.05) is 24.8 Å². The zero-order valence-electron chi connectivity index (χ0n) is 11.3. The van der Waals surface area contributed by atoms with Crippen molar-refractivity contribution < 1.29 is 14.7 Å². The van der Waals surface area contributed by atoms with Gasteiger partial charge in [-0.1, -0.05) is 0 Å². The second kappa shape index (κ2) is 6.93. The number of nitrogens with one attached hydrogen (secondary N) is 3. The third-order valence-corrected chi connectivity index (χ3v) is 3.76. The minimum absolute atomic E-state index is 0.202. The van der Waals surface area contributed by atoms with Gasteiger partial charge in [0.05, 0.1) is 12.1 Å². The number of rotatable bonds is 5. The first-order valence-corrected chi connectivity index (χ1v) is 6.87. The fourth-order valence-corrected chi connectivity index (χ4v) is 2.47. The molecule has 1 fully saturated rings.